The highest BCUT2D eigenvalue weighted by Crippen LogP contribution is 2.36. The number of aromatic nitrogens is 2. The van der Waals surface area contributed by atoms with E-state index in [1.54, 1.807) is 10.9 Å². The summed E-state index contributed by atoms with van der Waals surface area (Å²) in [4.78, 5) is 15.9. The first kappa shape index (κ1) is 20.4. The molecule has 0 aliphatic rings. The van der Waals surface area contributed by atoms with E-state index in [0.717, 1.165) is 27.4 Å². The summed E-state index contributed by atoms with van der Waals surface area (Å²) < 4.78 is 47.6. The highest BCUT2D eigenvalue weighted by molar-refractivity contribution is 9.10. The van der Waals surface area contributed by atoms with Crippen LogP contribution in [0.4, 0.5) is 13.2 Å². The van der Waals surface area contributed by atoms with E-state index in [1.165, 1.54) is 24.3 Å². The van der Waals surface area contributed by atoms with E-state index in [2.05, 4.69) is 20.9 Å². The van der Waals surface area contributed by atoms with Crippen LogP contribution in [0.2, 0.25) is 0 Å². The van der Waals surface area contributed by atoms with Gasteiger partial charge in [-0.3, -0.25) is 4.57 Å². The van der Waals surface area contributed by atoms with Gasteiger partial charge in [-0.1, -0.05) is 34.1 Å². The van der Waals surface area contributed by atoms with Crippen molar-refractivity contribution >= 4 is 44.3 Å². The lowest BCUT2D eigenvalue weighted by Gasteiger charge is -2.13. The topological polar surface area (TPSA) is 64.3 Å². The molecule has 5 nitrogen and oxygen atoms in total. The fourth-order valence-corrected chi connectivity index (χ4v) is 4.25. The Kier molecular flexibility index (Phi) is 5.29. The largest absolute Gasteiger partial charge is 0.487 e. The number of nitrogens with zero attached hydrogens (tertiary/aromatic N) is 2. The number of alkyl halides is 3. The zero-order valence-electron chi connectivity index (χ0n) is 15.0. The molecule has 10 heteroatoms. The minimum Gasteiger partial charge on any atom is -0.487 e. The van der Waals surface area contributed by atoms with Crippen LogP contribution in [0.5, 0.6) is 5.75 Å². The van der Waals surface area contributed by atoms with Crippen molar-refractivity contribution in [2.24, 2.45) is 0 Å². The van der Waals surface area contributed by atoms with Gasteiger partial charge in [0.1, 0.15) is 23.7 Å². The van der Waals surface area contributed by atoms with Crippen molar-refractivity contribution in [1.82, 2.24) is 9.55 Å². The van der Waals surface area contributed by atoms with Crippen molar-refractivity contribution in [1.29, 1.82) is 0 Å². The predicted octanol–water partition coefficient (Wildman–Crippen LogP) is 6.15. The fourth-order valence-electron chi connectivity index (χ4n) is 2.97. The molecule has 0 amide bonds. The van der Waals surface area contributed by atoms with E-state index >= 15 is 0 Å². The number of fused-ring (bicyclic) bond motifs is 1. The van der Waals surface area contributed by atoms with Crippen molar-refractivity contribution in [3.63, 3.8) is 0 Å². The molecule has 2 heterocycles. The Morgan fingerprint density at radius 3 is 2.70 bits per heavy atom. The molecule has 0 radical (unpaired) electrons. The third-order valence-electron chi connectivity index (χ3n) is 4.33. The number of carbonyl (C=O) groups is 1. The van der Waals surface area contributed by atoms with Crippen molar-refractivity contribution < 1.29 is 27.8 Å². The third kappa shape index (κ3) is 3.92. The van der Waals surface area contributed by atoms with Gasteiger partial charge in [0.15, 0.2) is 4.88 Å². The van der Waals surface area contributed by atoms with Gasteiger partial charge in [0.25, 0.3) is 0 Å². The van der Waals surface area contributed by atoms with Crippen LogP contribution in [0.1, 0.15) is 20.8 Å². The van der Waals surface area contributed by atoms with Crippen LogP contribution in [-0.4, -0.2) is 20.6 Å². The number of imidazole rings is 1. The molecule has 0 saturated heterocycles. The first-order valence-electron chi connectivity index (χ1n) is 8.52. The van der Waals surface area contributed by atoms with Crippen LogP contribution in [0.3, 0.4) is 0 Å². The number of halogens is 4. The second-order valence-corrected chi connectivity index (χ2v) is 8.22. The van der Waals surface area contributed by atoms with Crippen LogP contribution in [0, 0.1) is 0 Å². The van der Waals surface area contributed by atoms with Crippen LogP contribution in [0.25, 0.3) is 16.0 Å². The van der Waals surface area contributed by atoms with E-state index in [1.807, 2.05) is 18.2 Å². The summed E-state index contributed by atoms with van der Waals surface area (Å²) >= 11 is 4.34. The summed E-state index contributed by atoms with van der Waals surface area (Å²) in [6, 6.07) is 12.0. The van der Waals surface area contributed by atoms with Crippen molar-refractivity contribution in [3.8, 4) is 10.8 Å². The molecule has 0 fully saturated rings. The van der Waals surface area contributed by atoms with Gasteiger partial charge >= 0.3 is 12.1 Å². The minimum absolute atomic E-state index is 0.00340. The number of carboxylic acids is 1. The molecule has 0 spiro atoms. The third-order valence-corrected chi connectivity index (χ3v) is 5.93. The van der Waals surface area contributed by atoms with E-state index in [9.17, 15) is 23.1 Å². The van der Waals surface area contributed by atoms with Crippen LogP contribution >= 0.6 is 27.3 Å². The van der Waals surface area contributed by atoms with Crippen molar-refractivity contribution in [2.75, 3.05) is 0 Å². The average Bonchev–Trinajstić information content (AvgIpc) is 3.29. The fraction of sp³-hybridized carbons (Fsp3) is 0.100. The van der Waals surface area contributed by atoms with Crippen LogP contribution in [-0.2, 0) is 12.8 Å². The summed E-state index contributed by atoms with van der Waals surface area (Å²) in [7, 11) is 0. The summed E-state index contributed by atoms with van der Waals surface area (Å²) in [5.41, 5.74) is 0.565. The Balaban J connectivity index is 1.69. The summed E-state index contributed by atoms with van der Waals surface area (Å²) in [6.07, 6.45) is -2.98. The SMILES string of the molecule is O=C(O)c1sc(-n2cnc3ccc(Br)cc32)cc1OCc1ccccc1C(F)(F)F. The Morgan fingerprint density at radius 1 is 1.20 bits per heavy atom. The molecule has 0 bridgehead atoms. The summed E-state index contributed by atoms with van der Waals surface area (Å²) in [5.74, 6) is -1.23. The zero-order valence-corrected chi connectivity index (χ0v) is 17.4. The van der Waals surface area contributed by atoms with Gasteiger partial charge in [-0.2, -0.15) is 13.2 Å². The molecular formula is C20H12BrF3N2O3S. The van der Waals surface area contributed by atoms with Crippen LogP contribution < -0.4 is 4.74 Å². The lowest BCUT2D eigenvalue weighted by atomic mass is 10.1. The standard InChI is InChI=1S/C20H12BrF3N2O3S/c21-12-5-6-14-15(7-12)26(10-25-14)17-8-16(18(30-17)19(27)28)29-9-11-3-1-2-4-13(11)20(22,23)24/h1-8,10H,9H2,(H,27,28). The number of hydrogen-bond acceptors (Lipinski definition) is 4. The quantitative estimate of drug-likeness (QED) is 0.360. The van der Waals surface area contributed by atoms with Gasteiger partial charge in [-0.25, -0.2) is 9.78 Å². The molecule has 0 saturated carbocycles. The maximum absolute atomic E-state index is 13.2. The second-order valence-electron chi connectivity index (χ2n) is 6.27. The van der Waals surface area contributed by atoms with E-state index < -0.39 is 24.3 Å². The van der Waals surface area contributed by atoms with Crippen LogP contribution in [0.15, 0.2) is 59.3 Å². The lowest BCUT2D eigenvalue weighted by Crippen LogP contribution is -2.11. The molecule has 2 aromatic carbocycles. The number of thiophene rings is 1. The van der Waals surface area contributed by atoms with Gasteiger partial charge in [-0.15, -0.1) is 11.3 Å². The summed E-state index contributed by atoms with van der Waals surface area (Å²) in [5, 5.41) is 10.1. The maximum Gasteiger partial charge on any atom is 0.416 e. The van der Waals surface area contributed by atoms with Gasteiger partial charge in [0, 0.05) is 16.1 Å². The minimum atomic E-state index is -4.53. The highest BCUT2D eigenvalue weighted by atomic mass is 79.9. The Labute approximate surface area is 180 Å². The van der Waals surface area contributed by atoms with Crippen molar-refractivity contribution in [3.05, 3.63) is 75.3 Å². The first-order chi connectivity index (χ1) is 14.2. The number of ether oxygens (including phenoxy) is 1. The van der Waals surface area contributed by atoms with Gasteiger partial charge in [0.05, 0.1) is 16.6 Å². The Morgan fingerprint density at radius 2 is 1.97 bits per heavy atom. The molecule has 2 aromatic heterocycles. The number of rotatable bonds is 5. The number of hydrogen-bond donors (Lipinski definition) is 1. The smallest absolute Gasteiger partial charge is 0.416 e. The Bertz CT molecular complexity index is 1250. The van der Waals surface area contributed by atoms with Gasteiger partial charge < -0.3 is 9.84 Å². The molecular weight excluding hydrogens is 485 g/mol. The Hall–Kier alpha value is -2.85. The predicted molar refractivity (Wildman–Crippen MR) is 109 cm³/mol. The van der Waals surface area contributed by atoms with Gasteiger partial charge in [-0.05, 0) is 24.3 Å². The van der Waals surface area contributed by atoms with Gasteiger partial charge in [0.2, 0.25) is 0 Å². The average molecular weight is 497 g/mol. The number of benzene rings is 2. The molecule has 0 aliphatic carbocycles. The molecule has 0 unspecified atom stereocenters. The molecule has 4 rings (SSSR count). The molecule has 1 N–H and O–H groups in total. The van der Waals surface area contributed by atoms with E-state index in [4.69, 9.17) is 4.74 Å². The normalized spacial score (nSPS) is 11.7. The molecule has 30 heavy (non-hydrogen) atoms. The highest BCUT2D eigenvalue weighted by Gasteiger charge is 2.33. The lowest BCUT2D eigenvalue weighted by molar-refractivity contribution is -0.138. The first-order valence-corrected chi connectivity index (χ1v) is 10.1. The second kappa shape index (κ2) is 7.77. The molecule has 0 atom stereocenters. The monoisotopic (exact) mass is 496 g/mol. The van der Waals surface area contributed by atoms with E-state index in [0.29, 0.717) is 10.5 Å². The number of carboxylic acid groups (broad SMARTS) is 1. The molecule has 0 aliphatic heterocycles. The summed E-state index contributed by atoms with van der Waals surface area (Å²) in [6.45, 7) is -0.414. The zero-order chi connectivity index (χ0) is 21.5. The van der Waals surface area contributed by atoms with Crippen molar-refractivity contribution in [2.45, 2.75) is 12.8 Å². The van der Waals surface area contributed by atoms with E-state index in [-0.39, 0.29) is 16.2 Å². The molecule has 4 aromatic rings. The maximum atomic E-state index is 13.2. The number of aromatic carboxylic acids is 1. The molecule has 154 valence electrons.